The van der Waals surface area contributed by atoms with Crippen molar-refractivity contribution in [1.29, 1.82) is 0 Å². The minimum atomic E-state index is 0.374. The molecule has 2 nitrogen and oxygen atoms in total. The topological polar surface area (TPSA) is 35.2 Å². The molecule has 1 aromatic rings. The molecule has 0 heterocycles. The molecular formula is C13H18ClNO. The third-order valence-electron chi connectivity index (χ3n) is 2.37. The van der Waals surface area contributed by atoms with Crippen molar-refractivity contribution in [2.24, 2.45) is 5.73 Å². The summed E-state index contributed by atoms with van der Waals surface area (Å²) in [5.41, 5.74) is 7.54. The first kappa shape index (κ1) is 13.1. The van der Waals surface area contributed by atoms with Gasteiger partial charge in [0.05, 0.1) is 7.11 Å². The van der Waals surface area contributed by atoms with Crippen LogP contribution in [-0.4, -0.2) is 13.7 Å². The maximum absolute atomic E-state index is 6.08. The molecule has 0 unspecified atom stereocenters. The van der Waals surface area contributed by atoms with Crippen molar-refractivity contribution in [1.82, 2.24) is 0 Å². The van der Waals surface area contributed by atoms with Crippen molar-refractivity contribution >= 4 is 17.7 Å². The molecule has 0 aliphatic heterocycles. The molecule has 0 aromatic heterocycles. The van der Waals surface area contributed by atoms with Gasteiger partial charge in [-0.3, -0.25) is 0 Å². The van der Waals surface area contributed by atoms with E-state index >= 15 is 0 Å². The highest BCUT2D eigenvalue weighted by atomic mass is 35.5. The zero-order chi connectivity index (χ0) is 12.1. The van der Waals surface area contributed by atoms with Crippen LogP contribution in [0.2, 0.25) is 5.02 Å². The van der Waals surface area contributed by atoms with Crippen LogP contribution in [0.25, 0.3) is 6.08 Å². The van der Waals surface area contributed by atoms with Crippen molar-refractivity contribution in [3.8, 4) is 5.75 Å². The van der Waals surface area contributed by atoms with Crippen molar-refractivity contribution in [3.63, 3.8) is 0 Å². The maximum atomic E-state index is 6.08. The zero-order valence-corrected chi connectivity index (χ0v) is 10.7. The van der Waals surface area contributed by atoms with Crippen LogP contribution in [0.15, 0.2) is 18.2 Å². The third kappa shape index (κ3) is 3.00. The molecule has 88 valence electrons. The van der Waals surface area contributed by atoms with E-state index in [1.807, 2.05) is 24.3 Å². The lowest BCUT2D eigenvalue weighted by atomic mass is 9.98. The molecule has 0 radical (unpaired) electrons. The van der Waals surface area contributed by atoms with Gasteiger partial charge in [-0.25, -0.2) is 0 Å². The van der Waals surface area contributed by atoms with E-state index in [-0.39, 0.29) is 0 Å². The summed E-state index contributed by atoms with van der Waals surface area (Å²) in [7, 11) is 1.68. The molecule has 1 rings (SSSR count). The summed E-state index contributed by atoms with van der Waals surface area (Å²) in [6, 6.07) is 3.84. The second-order valence-electron chi connectivity index (χ2n) is 3.91. The van der Waals surface area contributed by atoms with E-state index in [2.05, 4.69) is 13.8 Å². The summed E-state index contributed by atoms with van der Waals surface area (Å²) >= 11 is 6.08. The SMILES string of the molecule is COc1c(/C=C/CN)cc(Cl)cc1C(C)C. The van der Waals surface area contributed by atoms with Gasteiger partial charge in [0, 0.05) is 17.1 Å². The van der Waals surface area contributed by atoms with Gasteiger partial charge < -0.3 is 10.5 Å². The predicted molar refractivity (Wildman–Crippen MR) is 70.2 cm³/mol. The summed E-state index contributed by atoms with van der Waals surface area (Å²) in [6.07, 6.45) is 3.83. The highest BCUT2D eigenvalue weighted by Crippen LogP contribution is 2.33. The Morgan fingerprint density at radius 2 is 2.12 bits per heavy atom. The summed E-state index contributed by atoms with van der Waals surface area (Å²) in [5.74, 6) is 1.25. The van der Waals surface area contributed by atoms with Gasteiger partial charge in [0.25, 0.3) is 0 Å². The number of benzene rings is 1. The van der Waals surface area contributed by atoms with Gasteiger partial charge in [0.1, 0.15) is 5.75 Å². The summed E-state index contributed by atoms with van der Waals surface area (Å²) in [6.45, 7) is 4.74. The molecule has 0 atom stereocenters. The standard InChI is InChI=1S/C13H18ClNO/c1-9(2)12-8-11(14)7-10(5-4-6-15)13(12)16-3/h4-5,7-9H,6,15H2,1-3H3/b5-4+. The number of nitrogens with two attached hydrogens (primary N) is 1. The lowest BCUT2D eigenvalue weighted by molar-refractivity contribution is 0.406. The fourth-order valence-corrected chi connectivity index (χ4v) is 1.85. The fraction of sp³-hybridized carbons (Fsp3) is 0.385. The average Bonchev–Trinajstić information content (AvgIpc) is 2.25. The van der Waals surface area contributed by atoms with E-state index in [0.29, 0.717) is 12.5 Å². The minimum absolute atomic E-state index is 0.374. The predicted octanol–water partition coefficient (Wildman–Crippen LogP) is 3.44. The van der Waals surface area contributed by atoms with E-state index in [1.165, 1.54) is 0 Å². The molecule has 16 heavy (non-hydrogen) atoms. The molecule has 0 aliphatic carbocycles. The minimum Gasteiger partial charge on any atom is -0.496 e. The molecule has 0 saturated heterocycles. The molecule has 2 N–H and O–H groups in total. The number of hydrogen-bond acceptors (Lipinski definition) is 2. The summed E-state index contributed by atoms with van der Waals surface area (Å²) < 4.78 is 5.44. The smallest absolute Gasteiger partial charge is 0.129 e. The van der Waals surface area contributed by atoms with Crippen LogP contribution >= 0.6 is 11.6 Å². The van der Waals surface area contributed by atoms with Gasteiger partial charge in [-0.15, -0.1) is 0 Å². The van der Waals surface area contributed by atoms with Gasteiger partial charge in [-0.2, -0.15) is 0 Å². The third-order valence-corrected chi connectivity index (χ3v) is 2.59. The lowest BCUT2D eigenvalue weighted by Crippen LogP contribution is -1.98. The van der Waals surface area contributed by atoms with Gasteiger partial charge in [0.2, 0.25) is 0 Å². The highest BCUT2D eigenvalue weighted by molar-refractivity contribution is 6.30. The zero-order valence-electron chi connectivity index (χ0n) is 9.96. The Balaban J connectivity index is 3.30. The molecule has 0 spiro atoms. The first-order valence-corrected chi connectivity index (χ1v) is 5.72. The first-order chi connectivity index (χ1) is 7.60. The summed E-state index contributed by atoms with van der Waals surface area (Å²) in [5, 5.41) is 0.723. The van der Waals surface area contributed by atoms with E-state index in [9.17, 15) is 0 Å². The van der Waals surface area contributed by atoms with Crippen LogP contribution in [0, 0.1) is 0 Å². The Hall–Kier alpha value is -0.990. The van der Waals surface area contributed by atoms with Gasteiger partial charge in [-0.1, -0.05) is 37.6 Å². The lowest BCUT2D eigenvalue weighted by Gasteiger charge is -2.15. The largest absolute Gasteiger partial charge is 0.496 e. The molecule has 0 bridgehead atoms. The van der Waals surface area contributed by atoms with Crippen LogP contribution in [0.1, 0.15) is 30.9 Å². The fourth-order valence-electron chi connectivity index (χ4n) is 1.62. The Kier molecular flexibility index (Phi) is 4.84. The normalized spacial score (nSPS) is 11.4. The molecule has 3 heteroatoms. The van der Waals surface area contributed by atoms with Crippen LogP contribution in [0.3, 0.4) is 0 Å². The number of methoxy groups -OCH3 is 1. The van der Waals surface area contributed by atoms with Crippen LogP contribution in [-0.2, 0) is 0 Å². The maximum Gasteiger partial charge on any atom is 0.129 e. The highest BCUT2D eigenvalue weighted by Gasteiger charge is 2.12. The van der Waals surface area contributed by atoms with Crippen molar-refractivity contribution in [2.45, 2.75) is 19.8 Å². The van der Waals surface area contributed by atoms with E-state index in [0.717, 1.165) is 21.9 Å². The van der Waals surface area contributed by atoms with Crippen molar-refractivity contribution in [2.75, 3.05) is 13.7 Å². The van der Waals surface area contributed by atoms with Crippen molar-refractivity contribution in [3.05, 3.63) is 34.4 Å². The molecular weight excluding hydrogens is 222 g/mol. The van der Waals surface area contributed by atoms with E-state index in [4.69, 9.17) is 22.1 Å². The molecule has 0 saturated carbocycles. The van der Waals surface area contributed by atoms with E-state index in [1.54, 1.807) is 7.11 Å². The number of rotatable bonds is 4. The number of halogens is 1. The van der Waals surface area contributed by atoms with Crippen molar-refractivity contribution < 1.29 is 4.74 Å². The Morgan fingerprint density at radius 3 is 2.62 bits per heavy atom. The molecule has 0 aliphatic rings. The first-order valence-electron chi connectivity index (χ1n) is 5.34. The Morgan fingerprint density at radius 1 is 1.44 bits per heavy atom. The molecule has 0 fully saturated rings. The van der Waals surface area contributed by atoms with E-state index < -0.39 is 0 Å². The average molecular weight is 240 g/mol. The van der Waals surface area contributed by atoms with Crippen LogP contribution in [0.4, 0.5) is 0 Å². The van der Waals surface area contributed by atoms with Gasteiger partial charge in [-0.05, 0) is 23.6 Å². The van der Waals surface area contributed by atoms with Crippen LogP contribution < -0.4 is 10.5 Å². The van der Waals surface area contributed by atoms with Gasteiger partial charge in [0.15, 0.2) is 0 Å². The molecule has 0 amide bonds. The second kappa shape index (κ2) is 5.92. The molecule has 1 aromatic carbocycles. The summed E-state index contributed by atoms with van der Waals surface area (Å²) in [4.78, 5) is 0. The Labute approximate surface area is 102 Å². The number of hydrogen-bond donors (Lipinski definition) is 1. The van der Waals surface area contributed by atoms with Gasteiger partial charge >= 0.3 is 0 Å². The second-order valence-corrected chi connectivity index (χ2v) is 4.35. The number of ether oxygens (including phenoxy) is 1. The Bertz CT molecular complexity index is 386. The monoisotopic (exact) mass is 239 g/mol. The van der Waals surface area contributed by atoms with Crippen LogP contribution in [0.5, 0.6) is 5.75 Å². The quantitative estimate of drug-likeness (QED) is 0.874.